The van der Waals surface area contributed by atoms with Gasteiger partial charge in [0.2, 0.25) is 0 Å². The normalized spacial score (nSPS) is 19.9. The number of benzene rings is 2. The molecule has 2 aromatic carbocycles. The first kappa shape index (κ1) is 20.1. The lowest BCUT2D eigenvalue weighted by atomic mass is 9.83. The molecule has 0 aliphatic carbocycles. The van der Waals surface area contributed by atoms with E-state index in [1.807, 2.05) is 23.9 Å². The van der Waals surface area contributed by atoms with Gasteiger partial charge >= 0.3 is 0 Å². The van der Waals surface area contributed by atoms with Gasteiger partial charge in [0.05, 0.1) is 17.9 Å². The molecule has 0 spiro atoms. The summed E-state index contributed by atoms with van der Waals surface area (Å²) in [5.41, 5.74) is 3.36. The molecule has 6 nitrogen and oxygen atoms in total. The summed E-state index contributed by atoms with van der Waals surface area (Å²) in [5, 5.41) is 9.30. The summed E-state index contributed by atoms with van der Waals surface area (Å²) in [5.74, 6) is 1.86. The van der Waals surface area contributed by atoms with Crippen LogP contribution in [0, 0.1) is 11.8 Å². The van der Waals surface area contributed by atoms with Gasteiger partial charge in [-0.05, 0) is 48.4 Å². The van der Waals surface area contributed by atoms with E-state index in [0.29, 0.717) is 18.4 Å². The van der Waals surface area contributed by atoms with Gasteiger partial charge in [0.15, 0.2) is 5.17 Å². The van der Waals surface area contributed by atoms with Crippen molar-refractivity contribution in [1.82, 2.24) is 15.0 Å². The van der Waals surface area contributed by atoms with Crippen molar-refractivity contribution in [2.75, 3.05) is 11.4 Å². The highest BCUT2D eigenvalue weighted by molar-refractivity contribution is 8.14. The summed E-state index contributed by atoms with van der Waals surface area (Å²) in [4.78, 5) is 8.79. The lowest BCUT2D eigenvalue weighted by Gasteiger charge is -2.37. The molecule has 2 aliphatic heterocycles. The Morgan fingerprint density at radius 2 is 2.00 bits per heavy atom. The molecule has 0 radical (unpaired) electrons. The van der Waals surface area contributed by atoms with Crippen LogP contribution in [0.25, 0.3) is 0 Å². The van der Waals surface area contributed by atoms with E-state index in [4.69, 9.17) is 9.73 Å². The van der Waals surface area contributed by atoms with Crippen molar-refractivity contribution in [1.29, 1.82) is 0 Å². The molecular weight excluding hydrogens is 406 g/mol. The lowest BCUT2D eigenvalue weighted by Crippen LogP contribution is -2.40. The molecule has 0 saturated heterocycles. The number of anilines is 1. The Bertz CT molecular complexity index is 1090. The van der Waals surface area contributed by atoms with Crippen LogP contribution in [-0.2, 0) is 13.2 Å². The SMILES string of the molecule is CCn1cc(COc2ccc3c(c2)SC2=N[C@@H](c4ccccc4)[C@@H](C(C)C)CN23)nn1. The number of amidine groups is 1. The van der Waals surface area contributed by atoms with Gasteiger partial charge in [-0.2, -0.15) is 0 Å². The van der Waals surface area contributed by atoms with E-state index in [0.717, 1.165) is 29.7 Å². The van der Waals surface area contributed by atoms with Gasteiger partial charge in [-0.1, -0.05) is 49.4 Å². The Morgan fingerprint density at radius 1 is 1.16 bits per heavy atom. The second-order valence-electron chi connectivity index (χ2n) is 8.37. The number of fused-ring (bicyclic) bond motifs is 3. The third-order valence-corrected chi connectivity index (χ3v) is 7.05. The Hall–Kier alpha value is -2.80. The van der Waals surface area contributed by atoms with Crippen LogP contribution in [0.15, 0.2) is 64.6 Å². The smallest absolute Gasteiger partial charge is 0.169 e. The highest BCUT2D eigenvalue weighted by Gasteiger charge is 2.38. The molecule has 7 heteroatoms. The van der Waals surface area contributed by atoms with E-state index in [-0.39, 0.29) is 6.04 Å². The molecule has 3 aromatic rings. The first-order valence-electron chi connectivity index (χ1n) is 10.9. The summed E-state index contributed by atoms with van der Waals surface area (Å²) in [7, 11) is 0. The van der Waals surface area contributed by atoms with Gasteiger partial charge in [-0.15, -0.1) is 5.10 Å². The molecule has 5 rings (SSSR count). The molecule has 160 valence electrons. The van der Waals surface area contributed by atoms with Crippen LogP contribution in [0.5, 0.6) is 5.75 Å². The zero-order chi connectivity index (χ0) is 21.4. The topological polar surface area (TPSA) is 55.5 Å². The van der Waals surface area contributed by atoms with Crippen molar-refractivity contribution in [3.63, 3.8) is 0 Å². The predicted octanol–water partition coefficient (Wildman–Crippen LogP) is 5.17. The summed E-state index contributed by atoms with van der Waals surface area (Å²) >= 11 is 1.74. The zero-order valence-electron chi connectivity index (χ0n) is 18.1. The number of rotatable bonds is 6. The zero-order valence-corrected chi connectivity index (χ0v) is 18.9. The molecule has 1 aromatic heterocycles. The maximum absolute atomic E-state index is 5.99. The third kappa shape index (κ3) is 3.94. The average molecular weight is 434 g/mol. The summed E-state index contributed by atoms with van der Waals surface area (Å²) in [6.45, 7) is 8.85. The van der Waals surface area contributed by atoms with Crippen LogP contribution in [0.3, 0.4) is 0 Å². The molecule has 0 amide bonds. The number of hydrogen-bond donors (Lipinski definition) is 0. The third-order valence-electron chi connectivity index (χ3n) is 6.00. The Labute approximate surface area is 187 Å². The molecule has 0 N–H and O–H groups in total. The lowest BCUT2D eigenvalue weighted by molar-refractivity contribution is 0.300. The van der Waals surface area contributed by atoms with Crippen LogP contribution in [0.4, 0.5) is 5.69 Å². The number of hydrogen-bond acceptors (Lipinski definition) is 6. The molecule has 0 bridgehead atoms. The van der Waals surface area contributed by atoms with Crippen LogP contribution >= 0.6 is 11.8 Å². The molecular formula is C24H27N5OS. The monoisotopic (exact) mass is 433 g/mol. The Kier molecular flexibility index (Phi) is 5.44. The Balaban J connectivity index is 1.37. The van der Waals surface area contributed by atoms with Gasteiger partial charge in [0, 0.05) is 23.9 Å². The minimum absolute atomic E-state index is 0.200. The van der Waals surface area contributed by atoms with Gasteiger partial charge in [0.25, 0.3) is 0 Å². The average Bonchev–Trinajstić information content (AvgIpc) is 3.40. The van der Waals surface area contributed by atoms with Crippen LogP contribution in [0.1, 0.15) is 38.1 Å². The highest BCUT2D eigenvalue weighted by Crippen LogP contribution is 2.48. The molecule has 31 heavy (non-hydrogen) atoms. The van der Waals surface area contributed by atoms with E-state index in [2.05, 4.69) is 71.5 Å². The van der Waals surface area contributed by atoms with Crippen LogP contribution in [-0.4, -0.2) is 26.7 Å². The fourth-order valence-corrected chi connectivity index (χ4v) is 5.31. The van der Waals surface area contributed by atoms with E-state index >= 15 is 0 Å². The number of nitrogens with zero attached hydrogens (tertiary/aromatic N) is 5. The van der Waals surface area contributed by atoms with Gasteiger partial charge in [-0.25, -0.2) is 0 Å². The van der Waals surface area contributed by atoms with Gasteiger partial charge in [0.1, 0.15) is 18.1 Å². The van der Waals surface area contributed by atoms with Crippen molar-refractivity contribution in [2.24, 2.45) is 16.8 Å². The largest absolute Gasteiger partial charge is 0.487 e. The van der Waals surface area contributed by atoms with Crippen molar-refractivity contribution in [3.05, 3.63) is 66.0 Å². The quantitative estimate of drug-likeness (QED) is 0.537. The second kappa shape index (κ2) is 8.38. The summed E-state index contributed by atoms with van der Waals surface area (Å²) < 4.78 is 7.80. The fourth-order valence-electron chi connectivity index (χ4n) is 4.21. The van der Waals surface area contributed by atoms with E-state index in [9.17, 15) is 0 Å². The molecule has 0 saturated carbocycles. The molecule has 2 atom stereocenters. The fraction of sp³-hybridized carbons (Fsp3) is 0.375. The van der Waals surface area contributed by atoms with E-state index < -0.39 is 0 Å². The number of aromatic nitrogens is 3. The minimum atomic E-state index is 0.200. The predicted molar refractivity (Wildman–Crippen MR) is 125 cm³/mol. The van der Waals surface area contributed by atoms with Crippen molar-refractivity contribution < 1.29 is 4.74 Å². The second-order valence-corrected chi connectivity index (χ2v) is 9.38. The number of ether oxygens (including phenoxy) is 1. The standard InChI is InChI=1S/C24H27N5OS/c1-4-28-13-18(26-27-28)15-30-19-10-11-21-22(12-19)31-24-25-23(17-8-6-5-7-9-17)20(16(2)3)14-29(21)24/h5-13,16,20,23H,4,14-15H2,1-3H3/t20-,23+/m1/s1. The minimum Gasteiger partial charge on any atom is -0.487 e. The number of aliphatic imine (C=N–C) groups is 1. The van der Waals surface area contributed by atoms with Crippen molar-refractivity contribution in [2.45, 2.75) is 44.9 Å². The maximum Gasteiger partial charge on any atom is 0.169 e. The van der Waals surface area contributed by atoms with Crippen LogP contribution in [0.2, 0.25) is 0 Å². The highest BCUT2D eigenvalue weighted by atomic mass is 32.2. The van der Waals surface area contributed by atoms with Crippen molar-refractivity contribution in [3.8, 4) is 5.75 Å². The van der Waals surface area contributed by atoms with Crippen LogP contribution < -0.4 is 9.64 Å². The molecule has 0 unspecified atom stereocenters. The number of thioether (sulfide) groups is 1. The van der Waals surface area contributed by atoms with E-state index in [1.54, 1.807) is 11.8 Å². The molecule has 3 heterocycles. The first-order chi connectivity index (χ1) is 15.1. The number of aryl methyl sites for hydroxylation is 1. The van der Waals surface area contributed by atoms with Gasteiger partial charge < -0.3 is 9.64 Å². The maximum atomic E-state index is 5.99. The van der Waals surface area contributed by atoms with Gasteiger partial charge in [-0.3, -0.25) is 9.67 Å². The first-order valence-corrected chi connectivity index (χ1v) is 11.7. The Morgan fingerprint density at radius 3 is 2.74 bits per heavy atom. The van der Waals surface area contributed by atoms with Crippen molar-refractivity contribution >= 4 is 22.6 Å². The van der Waals surface area contributed by atoms with E-state index in [1.165, 1.54) is 16.1 Å². The molecule has 2 aliphatic rings. The molecule has 0 fully saturated rings. The summed E-state index contributed by atoms with van der Waals surface area (Å²) in [6.07, 6.45) is 1.92. The summed E-state index contributed by atoms with van der Waals surface area (Å²) in [6, 6.07) is 17.2.